The molecule has 0 aliphatic heterocycles. The zero-order valence-electron chi connectivity index (χ0n) is 11.4. The van der Waals surface area contributed by atoms with Crippen LogP contribution in [0, 0.1) is 0 Å². The van der Waals surface area contributed by atoms with Crippen molar-refractivity contribution in [2.75, 3.05) is 0 Å². The Bertz CT molecular complexity index is 187. The van der Waals surface area contributed by atoms with E-state index in [9.17, 15) is 0 Å². The minimum atomic E-state index is -1.45. The van der Waals surface area contributed by atoms with E-state index in [1.165, 1.54) is 6.42 Å². The summed E-state index contributed by atoms with van der Waals surface area (Å²) in [4.78, 5) is 0. The van der Waals surface area contributed by atoms with Crippen molar-refractivity contribution in [2.45, 2.75) is 71.7 Å². The lowest BCUT2D eigenvalue weighted by Gasteiger charge is -2.35. The molecule has 0 fully saturated rings. The molecule has 1 nitrogen and oxygen atoms in total. The molecule has 0 aromatic rings. The van der Waals surface area contributed by atoms with Gasteiger partial charge >= 0.3 is 0 Å². The highest BCUT2D eigenvalue weighted by Gasteiger charge is 2.30. The first-order chi connectivity index (χ1) is 6.89. The third kappa shape index (κ3) is 6.16. The molecule has 0 aromatic heterocycles. The van der Waals surface area contributed by atoms with E-state index >= 15 is 0 Å². The van der Waals surface area contributed by atoms with Crippen LogP contribution < -0.4 is 0 Å². The van der Waals surface area contributed by atoms with Gasteiger partial charge in [0.15, 0.2) is 8.32 Å². The summed E-state index contributed by atoms with van der Waals surface area (Å²) in [5.41, 5.74) is -0.000355. The minimum absolute atomic E-state index is 0.000355. The van der Waals surface area contributed by atoms with Crippen molar-refractivity contribution in [2.24, 2.45) is 0 Å². The van der Waals surface area contributed by atoms with Crippen molar-refractivity contribution in [1.82, 2.24) is 0 Å². The van der Waals surface area contributed by atoms with Crippen molar-refractivity contribution < 1.29 is 4.43 Å². The summed E-state index contributed by atoms with van der Waals surface area (Å²) in [6.45, 7) is 13.4. The highest BCUT2D eigenvalue weighted by molar-refractivity contribution is 6.69. The molecule has 0 radical (unpaired) electrons. The molecule has 15 heavy (non-hydrogen) atoms. The highest BCUT2D eigenvalue weighted by atomic mass is 28.4. The average molecular weight is 228 g/mol. The van der Waals surface area contributed by atoms with Gasteiger partial charge in [0.25, 0.3) is 0 Å². The number of hydrogen-bond donors (Lipinski definition) is 0. The highest BCUT2D eigenvalue weighted by Crippen LogP contribution is 2.27. The van der Waals surface area contributed by atoms with Gasteiger partial charge in [-0.05, 0) is 38.9 Å². The third-order valence-corrected chi connectivity index (χ3v) is 3.60. The Balaban J connectivity index is 4.57. The van der Waals surface area contributed by atoms with Crippen molar-refractivity contribution in [3.8, 4) is 0 Å². The van der Waals surface area contributed by atoms with Crippen molar-refractivity contribution >= 4 is 8.32 Å². The number of unbranched alkanes of at least 4 members (excludes halogenated alkanes) is 1. The summed E-state index contributed by atoms with van der Waals surface area (Å²) < 4.78 is 6.32. The smallest absolute Gasteiger partial charge is 0.184 e. The fraction of sp³-hybridized carbons (Fsp3) is 0.846. The maximum atomic E-state index is 6.32. The van der Waals surface area contributed by atoms with E-state index < -0.39 is 8.32 Å². The Kier molecular flexibility index (Phi) is 6.45. The standard InChI is InChI=1S/C13H28OSi/c1-7-10-11-12-13(8-2,9-3)14-15(4,5)6/h11-12H,7-10H2,1-6H3/b12-11+. The fourth-order valence-electron chi connectivity index (χ4n) is 1.74. The quantitative estimate of drug-likeness (QED) is 0.451. The molecule has 0 heterocycles. The Morgan fingerprint density at radius 1 is 1.07 bits per heavy atom. The van der Waals surface area contributed by atoms with Crippen LogP contribution in [-0.4, -0.2) is 13.9 Å². The van der Waals surface area contributed by atoms with Gasteiger partial charge < -0.3 is 4.43 Å². The maximum absolute atomic E-state index is 6.32. The molecule has 0 aliphatic rings. The van der Waals surface area contributed by atoms with Crippen LogP contribution in [0.3, 0.4) is 0 Å². The van der Waals surface area contributed by atoms with Gasteiger partial charge in [-0.15, -0.1) is 0 Å². The summed E-state index contributed by atoms with van der Waals surface area (Å²) in [5.74, 6) is 0. The van der Waals surface area contributed by atoms with Gasteiger partial charge in [0.1, 0.15) is 0 Å². The molecular weight excluding hydrogens is 200 g/mol. The van der Waals surface area contributed by atoms with Crippen LogP contribution in [0.4, 0.5) is 0 Å². The second-order valence-corrected chi connectivity index (χ2v) is 9.61. The Morgan fingerprint density at radius 2 is 1.60 bits per heavy atom. The average Bonchev–Trinajstić information content (AvgIpc) is 2.15. The van der Waals surface area contributed by atoms with Gasteiger partial charge in [-0.3, -0.25) is 0 Å². The van der Waals surface area contributed by atoms with E-state index in [-0.39, 0.29) is 5.60 Å². The van der Waals surface area contributed by atoms with Gasteiger partial charge in [0.05, 0.1) is 5.60 Å². The van der Waals surface area contributed by atoms with Crippen LogP contribution in [-0.2, 0) is 4.43 Å². The molecule has 0 amide bonds. The van der Waals surface area contributed by atoms with Gasteiger partial charge in [-0.25, -0.2) is 0 Å². The van der Waals surface area contributed by atoms with E-state index in [2.05, 4.69) is 52.6 Å². The number of hydrogen-bond acceptors (Lipinski definition) is 1. The normalized spacial score (nSPS) is 13.7. The van der Waals surface area contributed by atoms with E-state index in [1.54, 1.807) is 0 Å². The van der Waals surface area contributed by atoms with E-state index in [4.69, 9.17) is 4.43 Å². The van der Waals surface area contributed by atoms with Crippen LogP contribution >= 0.6 is 0 Å². The number of allylic oxidation sites excluding steroid dienone is 1. The Hall–Kier alpha value is -0.0831. The third-order valence-electron chi connectivity index (χ3n) is 2.58. The molecule has 0 bridgehead atoms. The lowest BCUT2D eigenvalue weighted by Crippen LogP contribution is -2.40. The molecule has 0 atom stereocenters. The second-order valence-electron chi connectivity index (χ2n) is 5.18. The molecule has 2 heteroatoms. The van der Waals surface area contributed by atoms with Gasteiger partial charge in [-0.2, -0.15) is 0 Å². The summed E-state index contributed by atoms with van der Waals surface area (Å²) in [6.07, 6.45) is 9.12. The lowest BCUT2D eigenvalue weighted by atomic mass is 9.96. The zero-order chi connectivity index (χ0) is 11.9. The first kappa shape index (κ1) is 14.9. The van der Waals surface area contributed by atoms with Gasteiger partial charge in [0, 0.05) is 0 Å². The fourth-order valence-corrected chi connectivity index (χ4v) is 3.31. The maximum Gasteiger partial charge on any atom is 0.184 e. The SMILES string of the molecule is CCC/C=C/C(CC)(CC)O[Si](C)(C)C. The lowest BCUT2D eigenvalue weighted by molar-refractivity contribution is 0.103. The van der Waals surface area contributed by atoms with E-state index in [0.717, 1.165) is 19.3 Å². The Labute approximate surface area is 97.0 Å². The molecule has 0 N–H and O–H groups in total. The van der Waals surface area contributed by atoms with Crippen molar-refractivity contribution in [1.29, 1.82) is 0 Å². The van der Waals surface area contributed by atoms with Crippen LogP contribution in [0.2, 0.25) is 19.6 Å². The Morgan fingerprint density at radius 3 is 1.93 bits per heavy atom. The molecule has 0 aromatic carbocycles. The molecule has 0 rings (SSSR count). The monoisotopic (exact) mass is 228 g/mol. The van der Waals surface area contributed by atoms with E-state index in [0.29, 0.717) is 0 Å². The first-order valence-electron chi connectivity index (χ1n) is 6.27. The van der Waals surface area contributed by atoms with Crippen molar-refractivity contribution in [3.63, 3.8) is 0 Å². The first-order valence-corrected chi connectivity index (χ1v) is 9.68. The molecule has 0 spiro atoms. The van der Waals surface area contributed by atoms with Gasteiger partial charge in [0.2, 0.25) is 0 Å². The molecule has 0 saturated carbocycles. The van der Waals surface area contributed by atoms with Crippen molar-refractivity contribution in [3.05, 3.63) is 12.2 Å². The zero-order valence-corrected chi connectivity index (χ0v) is 12.4. The molecular formula is C13H28OSi. The summed E-state index contributed by atoms with van der Waals surface area (Å²) in [5, 5.41) is 0. The summed E-state index contributed by atoms with van der Waals surface area (Å²) in [7, 11) is -1.45. The minimum Gasteiger partial charge on any atom is -0.409 e. The molecule has 0 saturated heterocycles. The number of rotatable bonds is 7. The summed E-state index contributed by atoms with van der Waals surface area (Å²) in [6, 6.07) is 0. The second kappa shape index (κ2) is 6.49. The van der Waals surface area contributed by atoms with E-state index in [1.807, 2.05) is 0 Å². The van der Waals surface area contributed by atoms with Crippen LogP contribution in [0.5, 0.6) is 0 Å². The van der Waals surface area contributed by atoms with Crippen LogP contribution in [0.1, 0.15) is 46.5 Å². The predicted molar refractivity (Wildman–Crippen MR) is 71.8 cm³/mol. The van der Waals surface area contributed by atoms with Gasteiger partial charge in [-0.1, -0.05) is 39.3 Å². The largest absolute Gasteiger partial charge is 0.409 e. The predicted octanol–water partition coefficient (Wildman–Crippen LogP) is 4.75. The molecule has 0 unspecified atom stereocenters. The molecule has 0 aliphatic carbocycles. The molecule has 90 valence electrons. The van der Waals surface area contributed by atoms with Crippen LogP contribution in [0.25, 0.3) is 0 Å². The van der Waals surface area contributed by atoms with Crippen LogP contribution in [0.15, 0.2) is 12.2 Å². The topological polar surface area (TPSA) is 9.23 Å². The summed E-state index contributed by atoms with van der Waals surface area (Å²) >= 11 is 0.